The van der Waals surface area contributed by atoms with Crippen molar-refractivity contribution in [3.05, 3.63) is 54.2 Å². The predicted molar refractivity (Wildman–Crippen MR) is 87.5 cm³/mol. The van der Waals surface area contributed by atoms with E-state index in [1.54, 1.807) is 24.5 Å². The summed E-state index contributed by atoms with van der Waals surface area (Å²) in [5.41, 5.74) is 1.06. The summed E-state index contributed by atoms with van der Waals surface area (Å²) in [6.07, 6.45) is 6.51. The van der Waals surface area contributed by atoms with Gasteiger partial charge in [0.2, 0.25) is 0 Å². The highest BCUT2D eigenvalue weighted by Gasteiger charge is 2.37. The number of anilines is 1. The van der Waals surface area contributed by atoms with Crippen molar-refractivity contribution < 1.29 is 4.39 Å². The molecule has 5 heteroatoms. The highest BCUT2D eigenvalue weighted by atomic mass is 19.1. The van der Waals surface area contributed by atoms with Gasteiger partial charge in [0.15, 0.2) is 0 Å². The van der Waals surface area contributed by atoms with Crippen LogP contribution in [0.3, 0.4) is 0 Å². The van der Waals surface area contributed by atoms with Crippen molar-refractivity contribution in [1.82, 2.24) is 14.9 Å². The lowest BCUT2D eigenvalue weighted by Crippen LogP contribution is -2.40. The summed E-state index contributed by atoms with van der Waals surface area (Å²) in [5.74, 6) is 2.25. The van der Waals surface area contributed by atoms with Gasteiger partial charge in [-0.15, -0.1) is 0 Å². The molecule has 4 nitrogen and oxygen atoms in total. The summed E-state index contributed by atoms with van der Waals surface area (Å²) in [4.78, 5) is 13.4. The van der Waals surface area contributed by atoms with Gasteiger partial charge in [-0.2, -0.15) is 0 Å². The zero-order valence-electron chi connectivity index (χ0n) is 13.1. The second kappa shape index (κ2) is 6.24. The third-order valence-electron chi connectivity index (χ3n) is 5.05. The molecule has 0 N–H and O–H groups in total. The minimum atomic E-state index is -0.145. The van der Waals surface area contributed by atoms with E-state index in [1.807, 2.05) is 12.3 Å². The number of fused-ring (bicyclic) bond motifs is 1. The van der Waals surface area contributed by atoms with E-state index in [4.69, 9.17) is 0 Å². The van der Waals surface area contributed by atoms with Crippen LogP contribution in [0.2, 0.25) is 0 Å². The number of hydrogen-bond donors (Lipinski definition) is 0. The second-order valence-electron chi connectivity index (χ2n) is 6.64. The molecule has 0 unspecified atom stereocenters. The Bertz CT molecular complexity index is 663. The van der Waals surface area contributed by atoms with Crippen molar-refractivity contribution in [3.63, 3.8) is 0 Å². The van der Waals surface area contributed by atoms with E-state index in [0.717, 1.165) is 50.0 Å². The van der Waals surface area contributed by atoms with Crippen LogP contribution in [0, 0.1) is 17.7 Å². The average molecular weight is 312 g/mol. The Hall–Kier alpha value is -2.01. The van der Waals surface area contributed by atoms with Crippen molar-refractivity contribution in [2.75, 3.05) is 31.1 Å². The van der Waals surface area contributed by atoms with Crippen LogP contribution in [0.4, 0.5) is 10.2 Å². The van der Waals surface area contributed by atoms with Crippen LogP contribution < -0.4 is 4.90 Å². The normalized spacial score (nSPS) is 24.7. The molecule has 23 heavy (non-hydrogen) atoms. The number of aromatic nitrogens is 2. The van der Waals surface area contributed by atoms with E-state index in [-0.39, 0.29) is 5.82 Å². The summed E-state index contributed by atoms with van der Waals surface area (Å²) in [7, 11) is 0. The fourth-order valence-electron chi connectivity index (χ4n) is 3.95. The van der Waals surface area contributed by atoms with Crippen LogP contribution in [-0.4, -0.2) is 41.0 Å². The Morgan fingerprint density at radius 1 is 1.13 bits per heavy atom. The monoisotopic (exact) mass is 312 g/mol. The Morgan fingerprint density at radius 2 is 2.04 bits per heavy atom. The zero-order valence-corrected chi connectivity index (χ0v) is 13.1. The van der Waals surface area contributed by atoms with Gasteiger partial charge in [0.1, 0.15) is 11.6 Å². The molecule has 2 aliphatic heterocycles. The van der Waals surface area contributed by atoms with Crippen molar-refractivity contribution in [1.29, 1.82) is 0 Å². The largest absolute Gasteiger partial charge is 0.355 e. The van der Waals surface area contributed by atoms with Gasteiger partial charge in [0.05, 0.1) is 6.20 Å². The lowest BCUT2D eigenvalue weighted by molar-refractivity contribution is 0.313. The van der Waals surface area contributed by atoms with Gasteiger partial charge in [-0.05, 0) is 36.0 Å². The molecule has 2 aliphatic rings. The first-order chi connectivity index (χ1) is 11.3. The Labute approximate surface area is 136 Å². The van der Waals surface area contributed by atoms with Gasteiger partial charge in [-0.1, -0.05) is 12.1 Å². The van der Waals surface area contributed by atoms with Gasteiger partial charge >= 0.3 is 0 Å². The molecule has 0 aliphatic carbocycles. The molecule has 0 bridgehead atoms. The summed E-state index contributed by atoms with van der Waals surface area (Å²) in [5, 5.41) is 0. The van der Waals surface area contributed by atoms with Gasteiger partial charge in [0, 0.05) is 45.1 Å². The van der Waals surface area contributed by atoms with E-state index in [1.165, 1.54) is 12.5 Å². The molecule has 0 amide bonds. The first kappa shape index (κ1) is 14.6. The van der Waals surface area contributed by atoms with E-state index in [0.29, 0.717) is 5.92 Å². The molecular weight excluding hydrogens is 291 g/mol. The summed E-state index contributed by atoms with van der Waals surface area (Å²) >= 11 is 0. The van der Waals surface area contributed by atoms with Crippen molar-refractivity contribution in [2.24, 2.45) is 11.8 Å². The smallest absolute Gasteiger partial charge is 0.147 e. The van der Waals surface area contributed by atoms with E-state index in [9.17, 15) is 4.39 Å². The molecule has 2 saturated heterocycles. The quantitative estimate of drug-likeness (QED) is 0.872. The van der Waals surface area contributed by atoms with Crippen molar-refractivity contribution in [3.8, 4) is 0 Å². The molecule has 0 radical (unpaired) electrons. The number of likely N-dealkylation sites (tertiary alicyclic amines) is 1. The maximum Gasteiger partial charge on any atom is 0.147 e. The lowest BCUT2D eigenvalue weighted by Gasteiger charge is -2.34. The molecule has 4 rings (SSSR count). The minimum Gasteiger partial charge on any atom is -0.355 e. The molecule has 3 heterocycles. The molecule has 0 saturated carbocycles. The number of hydrogen-bond acceptors (Lipinski definition) is 4. The highest BCUT2D eigenvalue weighted by molar-refractivity contribution is 5.36. The number of nitrogens with zero attached hydrogens (tertiary/aromatic N) is 4. The number of halogens is 1. The third-order valence-corrected chi connectivity index (χ3v) is 5.05. The lowest BCUT2D eigenvalue weighted by atomic mass is 9.89. The van der Waals surface area contributed by atoms with Crippen LogP contribution in [0.5, 0.6) is 0 Å². The van der Waals surface area contributed by atoms with Gasteiger partial charge in [-0.25, -0.2) is 9.37 Å². The topological polar surface area (TPSA) is 32.3 Å². The molecule has 2 atom stereocenters. The molecule has 2 aromatic rings. The van der Waals surface area contributed by atoms with E-state index in [2.05, 4.69) is 19.8 Å². The number of benzene rings is 1. The molecule has 1 aromatic heterocycles. The maximum atomic E-state index is 13.3. The summed E-state index contributed by atoms with van der Waals surface area (Å²) < 4.78 is 13.3. The third kappa shape index (κ3) is 3.20. The van der Waals surface area contributed by atoms with Gasteiger partial charge in [0.25, 0.3) is 0 Å². The molecular formula is C18H21FN4. The maximum absolute atomic E-state index is 13.3. The standard InChI is InChI=1S/C18H21FN4/c19-17-3-1-2-14(8-17)10-22-11-15-4-7-23(13-16(15)12-22)18-9-20-5-6-21-18/h1-3,5-6,8-9,15-16H,4,7,10-13H2/t15-,16-/m1/s1. The van der Waals surface area contributed by atoms with Crippen LogP contribution in [0.25, 0.3) is 0 Å². The van der Waals surface area contributed by atoms with E-state index >= 15 is 0 Å². The summed E-state index contributed by atoms with van der Waals surface area (Å²) in [6.45, 7) is 5.14. The van der Waals surface area contributed by atoms with Crippen molar-refractivity contribution in [2.45, 2.75) is 13.0 Å². The SMILES string of the molecule is Fc1cccc(CN2C[C@H]3CCN(c4cnccn4)C[C@H]3C2)c1. The van der Waals surface area contributed by atoms with E-state index < -0.39 is 0 Å². The molecule has 1 aromatic carbocycles. The average Bonchev–Trinajstić information content (AvgIpc) is 2.97. The van der Waals surface area contributed by atoms with Crippen LogP contribution in [0.15, 0.2) is 42.9 Å². The molecule has 2 fully saturated rings. The predicted octanol–water partition coefficient (Wildman–Crippen LogP) is 2.57. The molecule has 120 valence electrons. The summed E-state index contributed by atoms with van der Waals surface area (Å²) in [6, 6.07) is 6.96. The van der Waals surface area contributed by atoms with Crippen LogP contribution in [-0.2, 0) is 6.54 Å². The fraction of sp³-hybridized carbons (Fsp3) is 0.444. The highest BCUT2D eigenvalue weighted by Crippen LogP contribution is 2.33. The van der Waals surface area contributed by atoms with Crippen LogP contribution >= 0.6 is 0 Å². The fourth-order valence-corrected chi connectivity index (χ4v) is 3.95. The first-order valence-corrected chi connectivity index (χ1v) is 8.26. The van der Waals surface area contributed by atoms with Crippen molar-refractivity contribution >= 4 is 5.82 Å². The van der Waals surface area contributed by atoms with Gasteiger partial charge < -0.3 is 4.90 Å². The Kier molecular flexibility index (Phi) is 3.95. The molecule has 0 spiro atoms. The van der Waals surface area contributed by atoms with Crippen LogP contribution in [0.1, 0.15) is 12.0 Å². The van der Waals surface area contributed by atoms with Gasteiger partial charge in [-0.3, -0.25) is 9.88 Å². The minimum absolute atomic E-state index is 0.145. The number of rotatable bonds is 3. The Balaban J connectivity index is 1.40. The Morgan fingerprint density at radius 3 is 2.87 bits per heavy atom. The zero-order chi connectivity index (χ0) is 15.6. The second-order valence-corrected chi connectivity index (χ2v) is 6.64. The first-order valence-electron chi connectivity index (χ1n) is 8.26. The number of piperidine rings is 1.